The predicted molar refractivity (Wildman–Crippen MR) is 145 cm³/mol. The average molecular weight is 490 g/mol. The lowest BCUT2D eigenvalue weighted by molar-refractivity contribution is 0.145. The molecule has 9 heteroatoms. The van der Waals surface area contributed by atoms with Gasteiger partial charge in [0.15, 0.2) is 0 Å². The fourth-order valence-electron chi connectivity index (χ4n) is 4.78. The molecule has 1 saturated heterocycles. The first-order valence-corrected chi connectivity index (χ1v) is 13.4. The molecule has 0 radical (unpaired) electrons. The van der Waals surface area contributed by atoms with Gasteiger partial charge in [-0.25, -0.2) is 14.8 Å². The Morgan fingerprint density at radius 2 is 2.06 bits per heavy atom. The van der Waals surface area contributed by atoms with Crippen LogP contribution in [0.1, 0.15) is 65.0 Å². The molecule has 2 aliphatic rings. The summed E-state index contributed by atoms with van der Waals surface area (Å²) in [5.74, 6) is 3.00. The van der Waals surface area contributed by atoms with Crippen molar-refractivity contribution in [3.63, 3.8) is 0 Å². The van der Waals surface area contributed by atoms with E-state index in [1.165, 1.54) is 55.8 Å². The highest BCUT2D eigenvalue weighted by Gasteiger charge is 2.38. The van der Waals surface area contributed by atoms with E-state index in [-0.39, 0.29) is 6.03 Å². The van der Waals surface area contributed by atoms with Crippen LogP contribution in [0.3, 0.4) is 0 Å². The second kappa shape index (κ2) is 17.1. The van der Waals surface area contributed by atoms with Crippen LogP contribution in [0.25, 0.3) is 11.0 Å². The molecule has 1 saturated carbocycles. The fourth-order valence-corrected chi connectivity index (χ4v) is 5.07. The largest absolute Gasteiger partial charge is 0.346 e. The van der Waals surface area contributed by atoms with Crippen molar-refractivity contribution >= 4 is 41.1 Å². The van der Waals surface area contributed by atoms with E-state index < -0.39 is 0 Å². The van der Waals surface area contributed by atoms with Crippen molar-refractivity contribution in [2.24, 2.45) is 17.8 Å². The van der Waals surface area contributed by atoms with Crippen LogP contribution < -0.4 is 5.32 Å². The van der Waals surface area contributed by atoms with Gasteiger partial charge < -0.3 is 26.0 Å². The second-order valence-electron chi connectivity index (χ2n) is 8.34. The lowest BCUT2D eigenvalue weighted by Gasteiger charge is -2.34. The molecule has 4 rings (SSSR count). The van der Waals surface area contributed by atoms with Crippen LogP contribution in [-0.2, 0) is 0 Å². The van der Waals surface area contributed by atoms with Gasteiger partial charge in [-0.1, -0.05) is 51.8 Å². The van der Waals surface area contributed by atoms with Crippen LogP contribution >= 0.6 is 11.8 Å². The topological polar surface area (TPSA) is 122 Å². The number of likely N-dealkylation sites (tertiary alicyclic amines) is 1. The number of amides is 2. The number of aromatic amines is 1. The summed E-state index contributed by atoms with van der Waals surface area (Å²) in [5.41, 5.74) is 3.20. The maximum absolute atomic E-state index is 12.0. The van der Waals surface area contributed by atoms with Gasteiger partial charge in [-0.05, 0) is 56.7 Å². The molecule has 2 aromatic rings. The Morgan fingerprint density at radius 1 is 1.32 bits per heavy atom. The number of nitrogens with zero attached hydrogens (tertiary/aromatic N) is 3. The number of H-pyrrole nitrogens is 1. The Bertz CT molecular complexity index is 844. The second-order valence-corrected chi connectivity index (χ2v) is 9.20. The first-order chi connectivity index (χ1) is 16.6. The molecule has 3 unspecified atom stereocenters. The maximum Gasteiger partial charge on any atom is 0.318 e. The van der Waals surface area contributed by atoms with Crippen molar-refractivity contribution in [1.82, 2.24) is 25.2 Å². The first kappa shape index (κ1) is 29.6. The molecule has 2 aromatic heterocycles. The number of unbranched alkanes of at least 4 members (excludes halogenated alkanes) is 1. The predicted octanol–water partition coefficient (Wildman–Crippen LogP) is 6.09. The van der Waals surface area contributed by atoms with Gasteiger partial charge >= 0.3 is 6.03 Å². The fraction of sp³-hybridized carbons (Fsp3) is 0.640. The van der Waals surface area contributed by atoms with E-state index in [9.17, 15) is 4.79 Å². The zero-order valence-corrected chi connectivity index (χ0v) is 22.1. The minimum Gasteiger partial charge on any atom is -0.346 e. The number of thioether (sulfide) groups is 1. The standard InChI is InChI=1S/C15H27N3OS.C7H7N3.C2H6.CH3N/c1-2-3-4-12-7-13-5-6-18(9-14(13)8-12)15(19)17-11-20-10-16;1-5-6-2-3-8-7(6)10-4-9-5;2*1-2/h10,12-14,16H,2-9,11H2,1H3,(H,17,19);2-4H,1H3,(H,8,9,10);1-2H3;2H,1H2. The van der Waals surface area contributed by atoms with Gasteiger partial charge in [-0.3, -0.25) is 0 Å². The SMILES string of the molecule is C=N.CC.CCCCC1CC2CCN(C(=O)NCSC=N)CC2C1.Cc1ncnc2[nH]ccc12. The van der Waals surface area contributed by atoms with Crippen molar-refractivity contribution in [2.45, 2.75) is 66.2 Å². The van der Waals surface area contributed by atoms with Crippen molar-refractivity contribution in [1.29, 1.82) is 10.8 Å². The summed E-state index contributed by atoms with van der Waals surface area (Å²) in [4.78, 5) is 25.1. The third kappa shape index (κ3) is 9.08. The molecular weight excluding hydrogens is 446 g/mol. The minimum absolute atomic E-state index is 0.0507. The number of fused-ring (bicyclic) bond motifs is 2. The third-order valence-electron chi connectivity index (χ3n) is 6.36. The summed E-state index contributed by atoms with van der Waals surface area (Å²) in [6, 6.07) is 2.03. The number of piperidine rings is 1. The van der Waals surface area contributed by atoms with Crippen molar-refractivity contribution in [3.05, 3.63) is 24.3 Å². The molecular formula is C25H43N7OS. The van der Waals surface area contributed by atoms with E-state index in [1.54, 1.807) is 6.33 Å². The van der Waals surface area contributed by atoms with E-state index in [1.807, 2.05) is 37.9 Å². The molecule has 190 valence electrons. The highest BCUT2D eigenvalue weighted by Crippen LogP contribution is 2.43. The summed E-state index contributed by atoms with van der Waals surface area (Å²) in [5, 5.41) is 16.4. The lowest BCUT2D eigenvalue weighted by Crippen LogP contribution is -2.46. The molecule has 0 bridgehead atoms. The van der Waals surface area contributed by atoms with E-state index in [0.717, 1.165) is 47.6 Å². The molecule has 1 aliphatic heterocycles. The third-order valence-corrected chi connectivity index (χ3v) is 6.84. The first-order valence-electron chi connectivity index (χ1n) is 12.4. The van der Waals surface area contributed by atoms with Crippen molar-refractivity contribution < 1.29 is 4.79 Å². The molecule has 8 nitrogen and oxygen atoms in total. The Hall–Kier alpha value is -2.42. The molecule has 0 aromatic carbocycles. The Kier molecular flexibility index (Phi) is 14.9. The molecule has 34 heavy (non-hydrogen) atoms. The van der Waals surface area contributed by atoms with Crippen LogP contribution in [0.4, 0.5) is 4.79 Å². The summed E-state index contributed by atoms with van der Waals surface area (Å²) in [7, 11) is 0. The summed E-state index contributed by atoms with van der Waals surface area (Å²) in [6.45, 7) is 12.6. The Labute approximate surface area is 209 Å². The van der Waals surface area contributed by atoms with Gasteiger partial charge in [0.2, 0.25) is 0 Å². The van der Waals surface area contributed by atoms with Gasteiger partial charge in [-0.2, -0.15) is 0 Å². The molecule has 3 heterocycles. The molecule has 1 aliphatic carbocycles. The van der Waals surface area contributed by atoms with Gasteiger partial charge in [0.25, 0.3) is 0 Å². The number of carbonyl (C=O) groups excluding carboxylic acids is 1. The van der Waals surface area contributed by atoms with Crippen LogP contribution in [0, 0.1) is 35.5 Å². The number of nitrogens with one attached hydrogen (secondary N) is 4. The van der Waals surface area contributed by atoms with E-state index in [4.69, 9.17) is 10.8 Å². The zero-order valence-electron chi connectivity index (χ0n) is 21.3. The van der Waals surface area contributed by atoms with E-state index >= 15 is 0 Å². The van der Waals surface area contributed by atoms with Gasteiger partial charge in [0, 0.05) is 24.7 Å². The Balaban J connectivity index is 0.000000344. The smallest absolute Gasteiger partial charge is 0.318 e. The number of aryl methyl sites for hydroxylation is 1. The van der Waals surface area contributed by atoms with Crippen LogP contribution in [0.15, 0.2) is 18.6 Å². The van der Waals surface area contributed by atoms with Gasteiger partial charge in [0.05, 0.1) is 17.1 Å². The van der Waals surface area contributed by atoms with Gasteiger partial charge in [-0.15, -0.1) is 0 Å². The zero-order chi connectivity index (χ0) is 25.3. The monoisotopic (exact) mass is 489 g/mol. The average Bonchev–Trinajstić information content (AvgIpc) is 3.53. The van der Waals surface area contributed by atoms with Crippen LogP contribution in [0.5, 0.6) is 0 Å². The Morgan fingerprint density at radius 3 is 2.74 bits per heavy atom. The molecule has 2 amide bonds. The maximum atomic E-state index is 12.0. The van der Waals surface area contributed by atoms with Crippen molar-refractivity contribution in [3.8, 4) is 0 Å². The highest BCUT2D eigenvalue weighted by atomic mass is 32.2. The number of aromatic nitrogens is 3. The highest BCUT2D eigenvalue weighted by molar-refractivity contribution is 8.11. The number of hydrogen-bond acceptors (Lipinski definition) is 6. The van der Waals surface area contributed by atoms with Crippen molar-refractivity contribution in [2.75, 3.05) is 19.0 Å². The number of carbonyl (C=O) groups is 1. The number of rotatable bonds is 6. The molecule has 4 N–H and O–H groups in total. The van der Waals surface area contributed by atoms with Crippen LogP contribution in [0.2, 0.25) is 0 Å². The normalized spacial score (nSPS) is 20.5. The lowest BCUT2D eigenvalue weighted by atomic mass is 9.89. The minimum atomic E-state index is 0.0507. The quantitative estimate of drug-likeness (QED) is 0.170. The molecule has 3 atom stereocenters. The summed E-state index contributed by atoms with van der Waals surface area (Å²) in [6.07, 6.45) is 11.4. The van der Waals surface area contributed by atoms with Crippen LogP contribution in [-0.4, -0.2) is 57.1 Å². The summed E-state index contributed by atoms with van der Waals surface area (Å²) < 4.78 is 0. The number of hydrogen-bond donors (Lipinski definition) is 4. The molecule has 2 fully saturated rings. The molecule has 0 spiro atoms. The van der Waals surface area contributed by atoms with Gasteiger partial charge in [0.1, 0.15) is 12.0 Å². The van der Waals surface area contributed by atoms with E-state index in [2.05, 4.69) is 33.9 Å². The number of urea groups is 1. The summed E-state index contributed by atoms with van der Waals surface area (Å²) >= 11 is 1.31. The van der Waals surface area contributed by atoms with E-state index in [0.29, 0.717) is 5.88 Å².